The molecule has 2 heterocycles. The van der Waals surface area contributed by atoms with Crippen LogP contribution in [-0.4, -0.2) is 24.1 Å². The van der Waals surface area contributed by atoms with Crippen molar-refractivity contribution in [1.82, 2.24) is 4.57 Å². The van der Waals surface area contributed by atoms with Gasteiger partial charge in [0.1, 0.15) is 17.5 Å². The number of nitriles is 1. The number of benzene rings is 1. The molecule has 1 aromatic heterocycles. The lowest BCUT2D eigenvalue weighted by atomic mass is 10.1. The maximum absolute atomic E-state index is 13.0. The highest BCUT2D eigenvalue weighted by Gasteiger charge is 2.26. The fourth-order valence-corrected chi connectivity index (χ4v) is 3.13. The van der Waals surface area contributed by atoms with E-state index in [0.717, 1.165) is 36.3 Å². The standard InChI is InChI=1S/C18H19N3O2/c1-20-12-13(11-19)10-16(20)18(22)21-9-4-3-6-14-15(21)7-5-8-17(14)23-2/h5,7-8,10,12H,3-4,6,9H2,1-2H3. The molecule has 1 aromatic carbocycles. The molecule has 0 bridgehead atoms. The second-order valence-electron chi connectivity index (χ2n) is 5.71. The summed E-state index contributed by atoms with van der Waals surface area (Å²) in [5, 5.41) is 9.03. The molecule has 0 spiro atoms. The fourth-order valence-electron chi connectivity index (χ4n) is 3.13. The summed E-state index contributed by atoms with van der Waals surface area (Å²) in [5.74, 6) is 0.747. The van der Waals surface area contributed by atoms with E-state index in [9.17, 15) is 4.79 Å². The summed E-state index contributed by atoms with van der Waals surface area (Å²) in [4.78, 5) is 14.8. The van der Waals surface area contributed by atoms with Crippen molar-refractivity contribution >= 4 is 11.6 Å². The first-order valence-electron chi connectivity index (χ1n) is 7.70. The van der Waals surface area contributed by atoms with Crippen molar-refractivity contribution < 1.29 is 9.53 Å². The van der Waals surface area contributed by atoms with E-state index in [4.69, 9.17) is 10.00 Å². The zero-order valence-corrected chi connectivity index (χ0v) is 13.4. The first-order valence-corrected chi connectivity index (χ1v) is 7.70. The monoisotopic (exact) mass is 309 g/mol. The van der Waals surface area contributed by atoms with Gasteiger partial charge in [0.25, 0.3) is 5.91 Å². The quantitative estimate of drug-likeness (QED) is 0.857. The number of carbonyl (C=O) groups is 1. The average molecular weight is 309 g/mol. The predicted octanol–water partition coefficient (Wildman–Crippen LogP) is 2.89. The Morgan fingerprint density at radius 1 is 1.35 bits per heavy atom. The summed E-state index contributed by atoms with van der Waals surface area (Å²) in [6, 6.07) is 9.54. The van der Waals surface area contributed by atoms with Crippen LogP contribution in [0.15, 0.2) is 30.5 Å². The van der Waals surface area contributed by atoms with E-state index in [2.05, 4.69) is 6.07 Å². The molecule has 2 aromatic rings. The molecule has 0 N–H and O–H groups in total. The van der Waals surface area contributed by atoms with Crippen LogP contribution >= 0.6 is 0 Å². The maximum Gasteiger partial charge on any atom is 0.274 e. The minimum Gasteiger partial charge on any atom is -0.496 e. The normalized spacial score (nSPS) is 13.9. The first-order chi connectivity index (χ1) is 11.2. The SMILES string of the molecule is COc1cccc2c1CCCCN2C(=O)c1cc(C#N)cn1C. The second kappa shape index (κ2) is 6.17. The molecule has 118 valence electrons. The number of hydrogen-bond acceptors (Lipinski definition) is 3. The molecule has 5 nitrogen and oxygen atoms in total. The molecule has 0 aliphatic carbocycles. The lowest BCUT2D eigenvalue weighted by Gasteiger charge is -2.24. The van der Waals surface area contributed by atoms with E-state index in [1.165, 1.54) is 0 Å². The molecular weight excluding hydrogens is 290 g/mol. The Kier molecular flexibility index (Phi) is 4.07. The lowest BCUT2D eigenvalue weighted by molar-refractivity contribution is 0.0979. The number of amides is 1. The van der Waals surface area contributed by atoms with Gasteiger partial charge in [0.2, 0.25) is 0 Å². The van der Waals surface area contributed by atoms with Crippen LogP contribution in [0.3, 0.4) is 0 Å². The highest BCUT2D eigenvalue weighted by molar-refractivity contribution is 6.06. The van der Waals surface area contributed by atoms with Crippen molar-refractivity contribution in [2.75, 3.05) is 18.6 Å². The number of hydrogen-bond donors (Lipinski definition) is 0. The molecule has 1 aliphatic rings. The van der Waals surface area contributed by atoms with Crippen LogP contribution in [0, 0.1) is 11.3 Å². The Morgan fingerprint density at radius 2 is 2.17 bits per heavy atom. The van der Waals surface area contributed by atoms with E-state index in [0.29, 0.717) is 17.8 Å². The van der Waals surface area contributed by atoms with Crippen molar-refractivity contribution in [1.29, 1.82) is 5.26 Å². The van der Waals surface area contributed by atoms with Gasteiger partial charge in [0.05, 0.1) is 18.4 Å². The summed E-state index contributed by atoms with van der Waals surface area (Å²) >= 11 is 0. The van der Waals surface area contributed by atoms with Gasteiger partial charge in [-0.1, -0.05) is 6.07 Å². The number of rotatable bonds is 2. The summed E-state index contributed by atoms with van der Waals surface area (Å²) < 4.78 is 7.17. The van der Waals surface area contributed by atoms with Gasteiger partial charge in [-0.05, 0) is 37.5 Å². The highest BCUT2D eigenvalue weighted by Crippen LogP contribution is 2.34. The van der Waals surface area contributed by atoms with Gasteiger partial charge in [-0.15, -0.1) is 0 Å². The maximum atomic E-state index is 13.0. The van der Waals surface area contributed by atoms with Gasteiger partial charge >= 0.3 is 0 Å². The van der Waals surface area contributed by atoms with Crippen LogP contribution in [0.2, 0.25) is 0 Å². The topological polar surface area (TPSA) is 58.3 Å². The fraction of sp³-hybridized carbons (Fsp3) is 0.333. The molecule has 23 heavy (non-hydrogen) atoms. The van der Waals surface area contributed by atoms with Gasteiger partial charge in [-0.25, -0.2) is 0 Å². The van der Waals surface area contributed by atoms with E-state index < -0.39 is 0 Å². The zero-order chi connectivity index (χ0) is 16.4. The van der Waals surface area contributed by atoms with Crippen LogP contribution in [0.4, 0.5) is 5.69 Å². The summed E-state index contributed by atoms with van der Waals surface area (Å²) in [6.45, 7) is 0.673. The van der Waals surface area contributed by atoms with E-state index >= 15 is 0 Å². The van der Waals surface area contributed by atoms with Crippen LogP contribution in [0.5, 0.6) is 5.75 Å². The number of aromatic nitrogens is 1. The Bertz CT molecular complexity index is 786. The van der Waals surface area contributed by atoms with Crippen LogP contribution in [0.1, 0.15) is 34.5 Å². The van der Waals surface area contributed by atoms with Gasteiger partial charge in [-0.2, -0.15) is 5.26 Å². The molecule has 0 saturated carbocycles. The Morgan fingerprint density at radius 3 is 2.87 bits per heavy atom. The van der Waals surface area contributed by atoms with Crippen molar-refractivity contribution in [2.24, 2.45) is 7.05 Å². The molecule has 1 amide bonds. The summed E-state index contributed by atoms with van der Waals surface area (Å²) in [5.41, 5.74) is 3.01. The molecule has 1 aliphatic heterocycles. The summed E-state index contributed by atoms with van der Waals surface area (Å²) in [7, 11) is 3.45. The molecule has 0 fully saturated rings. The van der Waals surface area contributed by atoms with Crippen molar-refractivity contribution in [3.63, 3.8) is 0 Å². The molecule has 0 saturated heterocycles. The minimum absolute atomic E-state index is 0.0783. The average Bonchev–Trinajstić information content (AvgIpc) is 2.81. The third-order valence-electron chi connectivity index (χ3n) is 4.28. The third kappa shape index (κ3) is 2.68. The minimum atomic E-state index is -0.0783. The molecule has 0 unspecified atom stereocenters. The number of carbonyl (C=O) groups excluding carboxylic acids is 1. The Balaban J connectivity index is 2.05. The van der Waals surface area contributed by atoms with Crippen LogP contribution in [-0.2, 0) is 13.5 Å². The number of nitrogens with zero attached hydrogens (tertiary/aromatic N) is 3. The lowest BCUT2D eigenvalue weighted by Crippen LogP contribution is -2.33. The highest BCUT2D eigenvalue weighted by atomic mass is 16.5. The molecule has 3 rings (SSSR count). The van der Waals surface area contributed by atoms with Crippen LogP contribution < -0.4 is 9.64 Å². The molecule has 0 radical (unpaired) electrons. The number of methoxy groups -OCH3 is 1. The predicted molar refractivity (Wildman–Crippen MR) is 87.7 cm³/mol. The van der Waals surface area contributed by atoms with Gasteiger partial charge in [0, 0.05) is 25.4 Å². The van der Waals surface area contributed by atoms with E-state index in [1.54, 1.807) is 35.9 Å². The molecule has 5 heteroatoms. The van der Waals surface area contributed by atoms with E-state index in [-0.39, 0.29) is 5.91 Å². The Hall–Kier alpha value is -2.74. The third-order valence-corrected chi connectivity index (χ3v) is 4.28. The largest absolute Gasteiger partial charge is 0.496 e. The number of ether oxygens (including phenoxy) is 1. The summed E-state index contributed by atoms with van der Waals surface area (Å²) in [6.07, 6.45) is 4.55. The smallest absolute Gasteiger partial charge is 0.274 e. The number of fused-ring (bicyclic) bond motifs is 1. The Labute approximate surface area is 135 Å². The van der Waals surface area contributed by atoms with Crippen molar-refractivity contribution in [3.8, 4) is 11.8 Å². The van der Waals surface area contributed by atoms with Crippen LogP contribution in [0.25, 0.3) is 0 Å². The van der Waals surface area contributed by atoms with Crippen molar-refractivity contribution in [3.05, 3.63) is 47.3 Å². The van der Waals surface area contributed by atoms with Gasteiger partial charge in [-0.3, -0.25) is 4.79 Å². The molecule has 0 atom stereocenters. The number of anilines is 1. The molecular formula is C18H19N3O2. The second-order valence-corrected chi connectivity index (χ2v) is 5.71. The van der Waals surface area contributed by atoms with Gasteiger partial charge in [0.15, 0.2) is 0 Å². The zero-order valence-electron chi connectivity index (χ0n) is 13.4. The first kappa shape index (κ1) is 15.2. The number of aryl methyl sites for hydroxylation is 1. The van der Waals surface area contributed by atoms with Crippen molar-refractivity contribution in [2.45, 2.75) is 19.3 Å². The van der Waals surface area contributed by atoms with Gasteiger partial charge < -0.3 is 14.2 Å². The van der Waals surface area contributed by atoms with E-state index in [1.807, 2.05) is 18.2 Å².